The molecule has 2 saturated carbocycles. The number of rotatable bonds is 2. The third-order valence-electron chi connectivity index (χ3n) is 8.22. The number of anilines is 1. The normalized spacial score (nSPS) is 33.2. The second-order valence-electron chi connectivity index (χ2n) is 9.86. The van der Waals surface area contributed by atoms with Crippen molar-refractivity contribution in [3.05, 3.63) is 78.7 Å². The lowest BCUT2D eigenvalue weighted by atomic mass is 9.68. The first-order chi connectivity index (χ1) is 16.4. The first-order valence-corrected chi connectivity index (χ1v) is 14.0. The maximum atomic E-state index is 13.7. The first kappa shape index (κ1) is 21.1. The van der Waals surface area contributed by atoms with Gasteiger partial charge >= 0.3 is 4.87 Å². The molecule has 0 spiro atoms. The van der Waals surface area contributed by atoms with Crippen LogP contribution in [0.25, 0.3) is 0 Å². The lowest BCUT2D eigenvalue weighted by Crippen LogP contribution is -2.42. The lowest BCUT2D eigenvalue weighted by Gasteiger charge is -2.43. The molecule has 3 fully saturated rings. The molecule has 1 N–H and O–H groups in total. The van der Waals surface area contributed by atoms with E-state index in [9.17, 15) is 14.4 Å². The molecule has 2 aliphatic heterocycles. The molecule has 8 heteroatoms. The molecule has 7 unspecified atom stereocenters. The highest BCUT2D eigenvalue weighted by Gasteiger charge is 2.69. The fourth-order valence-electron chi connectivity index (χ4n) is 7.04. The minimum Gasteiger partial charge on any atom is -0.307 e. The summed E-state index contributed by atoms with van der Waals surface area (Å²) in [5, 5.41) is 1.15. The van der Waals surface area contributed by atoms with Crippen molar-refractivity contribution in [1.29, 1.82) is 0 Å². The number of nitrogens with zero attached hydrogens (tertiary/aromatic N) is 1. The standard InChI is InChI=1S/C26H21BrN2O3S2/c1-11-5-7-14(8-6-11)29-24(30)19-15-10-16(20(19)25(29)31)21-18(15)17(12-3-2-4-13(27)9-12)22-23(33-21)28-26(32)34-22/h2-9,15-21H,10H2,1H3,(H,28,32). The number of hydrogen-bond acceptors (Lipinski definition) is 5. The quantitative estimate of drug-likeness (QED) is 0.444. The van der Waals surface area contributed by atoms with Crippen LogP contribution in [0.2, 0.25) is 0 Å². The molecule has 1 saturated heterocycles. The Bertz CT molecular complexity index is 1410. The van der Waals surface area contributed by atoms with E-state index in [1.165, 1.54) is 16.2 Å². The molecule has 4 aliphatic rings. The van der Waals surface area contributed by atoms with E-state index in [0.29, 0.717) is 5.69 Å². The van der Waals surface area contributed by atoms with Gasteiger partial charge in [-0.05, 0) is 60.9 Å². The van der Waals surface area contributed by atoms with Gasteiger partial charge in [-0.1, -0.05) is 57.1 Å². The largest absolute Gasteiger partial charge is 0.307 e. The lowest BCUT2D eigenvalue weighted by molar-refractivity contribution is -0.123. The third kappa shape index (κ3) is 2.82. The summed E-state index contributed by atoms with van der Waals surface area (Å²) in [6, 6.07) is 16.0. The molecule has 3 heterocycles. The highest BCUT2D eigenvalue weighted by molar-refractivity contribution is 9.10. The zero-order valence-electron chi connectivity index (χ0n) is 18.2. The van der Waals surface area contributed by atoms with E-state index < -0.39 is 0 Å². The molecule has 2 amide bonds. The van der Waals surface area contributed by atoms with Gasteiger partial charge in [-0.2, -0.15) is 0 Å². The Hall–Kier alpha value is -2.16. The molecule has 7 atom stereocenters. The predicted molar refractivity (Wildman–Crippen MR) is 136 cm³/mol. The van der Waals surface area contributed by atoms with Gasteiger partial charge in [-0.15, -0.1) is 11.8 Å². The summed E-state index contributed by atoms with van der Waals surface area (Å²) in [7, 11) is 0. The maximum absolute atomic E-state index is 13.7. The highest BCUT2D eigenvalue weighted by Crippen LogP contribution is 2.68. The first-order valence-electron chi connectivity index (χ1n) is 11.5. The van der Waals surface area contributed by atoms with Crippen LogP contribution in [-0.2, 0) is 9.59 Å². The Kier molecular flexibility index (Phi) is 4.61. The smallest absolute Gasteiger partial charge is 0.305 e. The van der Waals surface area contributed by atoms with E-state index in [0.717, 1.165) is 31.9 Å². The van der Waals surface area contributed by atoms with Crippen molar-refractivity contribution in [3.8, 4) is 0 Å². The number of nitrogens with one attached hydrogen (secondary N) is 1. The van der Waals surface area contributed by atoms with Crippen LogP contribution < -0.4 is 9.77 Å². The molecule has 2 bridgehead atoms. The van der Waals surface area contributed by atoms with Crippen molar-refractivity contribution in [2.45, 2.75) is 29.5 Å². The van der Waals surface area contributed by atoms with Gasteiger partial charge in [0.05, 0.1) is 22.5 Å². The third-order valence-corrected chi connectivity index (χ3v) is 11.3. The number of carbonyl (C=O) groups is 2. The molecule has 7 rings (SSSR count). The zero-order chi connectivity index (χ0) is 23.3. The summed E-state index contributed by atoms with van der Waals surface area (Å²) in [6.45, 7) is 2.00. The highest BCUT2D eigenvalue weighted by atomic mass is 79.9. The summed E-state index contributed by atoms with van der Waals surface area (Å²) in [5.41, 5.74) is 2.94. The summed E-state index contributed by atoms with van der Waals surface area (Å²) >= 11 is 6.63. The minimum absolute atomic E-state index is 0.0392. The Morgan fingerprint density at radius 3 is 2.47 bits per heavy atom. The number of imide groups is 1. The number of aromatic amines is 1. The number of thioether (sulfide) groups is 1. The summed E-state index contributed by atoms with van der Waals surface area (Å²) in [6.07, 6.45) is 0.903. The molecular weight excluding hydrogens is 532 g/mol. The number of benzene rings is 2. The fourth-order valence-corrected chi connectivity index (χ4v) is 10.3. The number of aryl methyl sites for hydroxylation is 1. The SMILES string of the molecule is Cc1ccc(N2C(=O)C3C4CC(C3C2=O)C2C(c3cccc(Br)c3)c3sc(=O)[nH]c3SC42)cc1. The van der Waals surface area contributed by atoms with Crippen LogP contribution in [0, 0.1) is 36.5 Å². The van der Waals surface area contributed by atoms with Gasteiger partial charge in [0.25, 0.3) is 0 Å². The maximum Gasteiger partial charge on any atom is 0.305 e. The Morgan fingerprint density at radius 2 is 1.74 bits per heavy atom. The predicted octanol–water partition coefficient (Wildman–Crippen LogP) is 5.19. The van der Waals surface area contributed by atoms with Crippen molar-refractivity contribution >= 4 is 56.5 Å². The van der Waals surface area contributed by atoms with Crippen LogP contribution in [0.15, 0.2) is 62.8 Å². The van der Waals surface area contributed by atoms with Crippen molar-refractivity contribution in [2.75, 3.05) is 4.90 Å². The van der Waals surface area contributed by atoms with E-state index >= 15 is 0 Å². The van der Waals surface area contributed by atoms with Crippen LogP contribution in [0.3, 0.4) is 0 Å². The number of aromatic nitrogens is 1. The second kappa shape index (κ2) is 7.42. The zero-order valence-corrected chi connectivity index (χ0v) is 21.5. The van der Waals surface area contributed by atoms with Gasteiger partial charge in [0.2, 0.25) is 11.8 Å². The van der Waals surface area contributed by atoms with E-state index in [4.69, 9.17) is 0 Å². The van der Waals surface area contributed by atoms with E-state index in [-0.39, 0.29) is 57.4 Å². The van der Waals surface area contributed by atoms with Gasteiger partial charge in [0.1, 0.15) is 0 Å². The van der Waals surface area contributed by atoms with Gasteiger partial charge in [0, 0.05) is 20.5 Å². The Morgan fingerprint density at radius 1 is 1.00 bits per heavy atom. The van der Waals surface area contributed by atoms with Crippen molar-refractivity contribution in [2.24, 2.45) is 29.6 Å². The summed E-state index contributed by atoms with van der Waals surface area (Å²) in [5.74, 6) is -0.0777. The summed E-state index contributed by atoms with van der Waals surface area (Å²) < 4.78 is 1.00. The monoisotopic (exact) mass is 552 g/mol. The van der Waals surface area contributed by atoms with E-state index in [1.807, 2.05) is 43.3 Å². The Labute approximate surface area is 213 Å². The van der Waals surface area contributed by atoms with E-state index in [2.05, 4.69) is 33.0 Å². The Balaban J connectivity index is 1.33. The topological polar surface area (TPSA) is 70.2 Å². The van der Waals surface area contributed by atoms with Crippen LogP contribution in [0.1, 0.15) is 28.3 Å². The number of amides is 2. The molecule has 172 valence electrons. The van der Waals surface area contributed by atoms with Crippen LogP contribution in [-0.4, -0.2) is 22.0 Å². The molecule has 2 aromatic carbocycles. The van der Waals surface area contributed by atoms with E-state index in [1.54, 1.807) is 11.8 Å². The van der Waals surface area contributed by atoms with Crippen molar-refractivity contribution in [3.63, 3.8) is 0 Å². The van der Waals surface area contributed by atoms with Gasteiger partial charge in [-0.25, -0.2) is 0 Å². The van der Waals surface area contributed by atoms with Crippen LogP contribution >= 0.6 is 39.0 Å². The minimum atomic E-state index is -0.271. The molecule has 1 aromatic heterocycles. The number of hydrogen-bond donors (Lipinski definition) is 1. The average Bonchev–Trinajstić information content (AvgIpc) is 3.53. The molecule has 2 aliphatic carbocycles. The van der Waals surface area contributed by atoms with Crippen molar-refractivity contribution in [1.82, 2.24) is 4.98 Å². The van der Waals surface area contributed by atoms with Crippen molar-refractivity contribution < 1.29 is 9.59 Å². The second-order valence-corrected chi connectivity index (χ2v) is 13.0. The summed E-state index contributed by atoms with van der Waals surface area (Å²) in [4.78, 5) is 45.2. The average molecular weight is 554 g/mol. The fraction of sp³-hybridized carbons (Fsp3) is 0.346. The number of halogens is 1. The molecule has 0 radical (unpaired) electrons. The van der Waals surface area contributed by atoms with Gasteiger partial charge in [0.15, 0.2) is 0 Å². The molecular formula is C26H21BrN2O3S2. The van der Waals surface area contributed by atoms with Gasteiger partial charge in [-0.3, -0.25) is 19.3 Å². The van der Waals surface area contributed by atoms with Crippen LogP contribution in [0.5, 0.6) is 0 Å². The number of thiazole rings is 1. The molecule has 34 heavy (non-hydrogen) atoms. The molecule has 5 nitrogen and oxygen atoms in total. The van der Waals surface area contributed by atoms with Gasteiger partial charge < -0.3 is 4.98 Å². The number of H-pyrrole nitrogens is 1. The number of fused-ring (bicyclic) bond motifs is 9. The van der Waals surface area contributed by atoms with Crippen LogP contribution in [0.4, 0.5) is 5.69 Å². The molecule has 3 aromatic rings. The number of carbonyl (C=O) groups excluding carboxylic acids is 2.